The van der Waals surface area contributed by atoms with Crippen molar-refractivity contribution < 1.29 is 14.4 Å². The molecule has 1 aliphatic carbocycles. The van der Waals surface area contributed by atoms with Crippen molar-refractivity contribution in [1.29, 1.82) is 0 Å². The van der Waals surface area contributed by atoms with Crippen molar-refractivity contribution in [3.63, 3.8) is 0 Å². The molecule has 32 heavy (non-hydrogen) atoms. The quantitative estimate of drug-likeness (QED) is 0.591. The van der Waals surface area contributed by atoms with Crippen molar-refractivity contribution in [2.45, 2.75) is 38.1 Å². The highest BCUT2D eigenvalue weighted by Crippen LogP contribution is 2.36. The third kappa shape index (κ3) is 3.18. The third-order valence-corrected chi connectivity index (χ3v) is 7.11. The Morgan fingerprint density at radius 2 is 1.91 bits per heavy atom. The zero-order valence-electron chi connectivity index (χ0n) is 17.4. The topological polar surface area (TPSA) is 113 Å². The maximum absolute atomic E-state index is 13.2. The molecule has 2 N–H and O–H groups in total. The van der Waals surface area contributed by atoms with Crippen molar-refractivity contribution in [2.75, 3.05) is 12.0 Å². The smallest absolute Gasteiger partial charge is 0.323 e. The fourth-order valence-electron chi connectivity index (χ4n) is 4.59. The summed E-state index contributed by atoms with van der Waals surface area (Å²) in [5.74, 6) is -1.03. The van der Waals surface area contributed by atoms with E-state index >= 15 is 0 Å². The molecule has 3 aromatic rings. The molecule has 5 rings (SSSR count). The number of aryl methyl sites for hydroxylation is 1. The Labute approximate surface area is 187 Å². The van der Waals surface area contributed by atoms with Crippen molar-refractivity contribution in [3.05, 3.63) is 51.9 Å². The van der Waals surface area contributed by atoms with Gasteiger partial charge in [-0.05, 0) is 25.3 Å². The maximum atomic E-state index is 13.2. The van der Waals surface area contributed by atoms with Gasteiger partial charge in [0.05, 0.1) is 5.39 Å². The van der Waals surface area contributed by atoms with Crippen molar-refractivity contribution in [2.24, 2.45) is 0 Å². The fourth-order valence-corrected chi connectivity index (χ4v) is 5.59. The summed E-state index contributed by atoms with van der Waals surface area (Å²) in [6.07, 6.45) is 4.12. The number of aromatic nitrogens is 2. The van der Waals surface area contributed by atoms with Gasteiger partial charge in [-0.1, -0.05) is 43.2 Å². The lowest BCUT2D eigenvalue weighted by atomic mass is 9.98. The van der Waals surface area contributed by atoms with Gasteiger partial charge in [-0.3, -0.25) is 24.7 Å². The van der Waals surface area contributed by atoms with E-state index < -0.39 is 29.6 Å². The number of carbonyl (C=O) groups is 3. The number of hydrogen-bond donors (Lipinski definition) is 2. The summed E-state index contributed by atoms with van der Waals surface area (Å²) in [4.78, 5) is 57.7. The minimum atomic E-state index is -0.881. The van der Waals surface area contributed by atoms with Crippen molar-refractivity contribution >= 4 is 39.4 Å². The predicted molar refractivity (Wildman–Crippen MR) is 120 cm³/mol. The molecular formula is C22H21N5O4S. The number of amides is 4. The minimum Gasteiger partial charge on any atom is -0.323 e. The Balaban J connectivity index is 1.42. The predicted octanol–water partition coefficient (Wildman–Crippen LogP) is 2.37. The Hall–Kier alpha value is -3.53. The normalized spacial score (nSPS) is 17.3. The number of urea groups is 1. The van der Waals surface area contributed by atoms with Gasteiger partial charge < -0.3 is 5.32 Å². The van der Waals surface area contributed by atoms with Gasteiger partial charge in [0.15, 0.2) is 0 Å². The highest BCUT2D eigenvalue weighted by Gasteiger charge is 2.52. The molecule has 9 nitrogen and oxygen atoms in total. The van der Waals surface area contributed by atoms with Crippen molar-refractivity contribution in [1.82, 2.24) is 19.9 Å². The number of imide groups is 1. The Bertz CT molecular complexity index is 1310. The van der Waals surface area contributed by atoms with Crippen LogP contribution in [0.1, 0.15) is 30.6 Å². The van der Waals surface area contributed by atoms with Gasteiger partial charge >= 0.3 is 6.03 Å². The Kier molecular flexibility index (Phi) is 4.81. The highest BCUT2D eigenvalue weighted by atomic mass is 32.1. The van der Waals surface area contributed by atoms with E-state index in [4.69, 9.17) is 0 Å². The molecule has 164 valence electrons. The van der Waals surface area contributed by atoms with Gasteiger partial charge in [-0.25, -0.2) is 14.5 Å². The lowest BCUT2D eigenvalue weighted by Gasteiger charge is -2.19. The lowest BCUT2D eigenvalue weighted by molar-refractivity contribution is -0.133. The average molecular weight is 452 g/mol. The number of fused-ring (bicyclic) bond motifs is 1. The molecule has 0 atom stereocenters. The van der Waals surface area contributed by atoms with Gasteiger partial charge in [-0.2, -0.15) is 0 Å². The average Bonchev–Trinajstić information content (AvgIpc) is 3.44. The summed E-state index contributed by atoms with van der Waals surface area (Å²) in [6.45, 7) is 1.46. The van der Waals surface area contributed by atoms with E-state index in [0.29, 0.717) is 23.1 Å². The maximum Gasteiger partial charge on any atom is 0.325 e. The first-order valence-corrected chi connectivity index (χ1v) is 11.2. The van der Waals surface area contributed by atoms with E-state index in [1.807, 2.05) is 37.3 Å². The monoisotopic (exact) mass is 451 g/mol. The number of benzene rings is 1. The molecule has 1 saturated heterocycles. The number of nitrogens with one attached hydrogen (secondary N) is 2. The molecule has 1 saturated carbocycles. The minimum absolute atomic E-state index is 0.379. The van der Waals surface area contributed by atoms with Crippen LogP contribution in [0.15, 0.2) is 41.5 Å². The van der Waals surface area contributed by atoms with E-state index in [-0.39, 0.29) is 5.91 Å². The Morgan fingerprint density at radius 1 is 1.19 bits per heavy atom. The van der Waals surface area contributed by atoms with Crippen LogP contribution in [0.5, 0.6) is 0 Å². The van der Waals surface area contributed by atoms with Gasteiger partial charge in [-0.15, -0.1) is 11.3 Å². The van der Waals surface area contributed by atoms with Crippen LogP contribution >= 0.6 is 11.3 Å². The molecule has 10 heteroatoms. The van der Waals surface area contributed by atoms with E-state index in [0.717, 1.165) is 38.4 Å². The summed E-state index contributed by atoms with van der Waals surface area (Å²) in [5, 5.41) is 3.16. The number of thiophene rings is 1. The van der Waals surface area contributed by atoms with E-state index in [1.54, 1.807) is 0 Å². The Morgan fingerprint density at radius 3 is 2.62 bits per heavy atom. The molecule has 0 bridgehead atoms. The zero-order chi connectivity index (χ0) is 22.5. The number of hydrogen-bond acceptors (Lipinski definition) is 6. The second-order valence-electron chi connectivity index (χ2n) is 8.14. The van der Waals surface area contributed by atoms with Crippen LogP contribution in [0.2, 0.25) is 0 Å². The van der Waals surface area contributed by atoms with Crippen LogP contribution in [0.4, 0.5) is 4.79 Å². The molecule has 1 aliphatic heterocycles. The number of rotatable bonds is 4. The molecule has 0 radical (unpaired) electrons. The van der Waals surface area contributed by atoms with Gasteiger partial charge in [0.2, 0.25) is 0 Å². The SMILES string of the molecule is Cc1sc2ncn(NC(=O)CN3C(=O)NC4(CCCC4)C3=O)c(=O)c2c1-c1ccccc1. The summed E-state index contributed by atoms with van der Waals surface area (Å²) < 4.78 is 1.01. The summed E-state index contributed by atoms with van der Waals surface area (Å²) in [5.41, 5.74) is 2.84. The van der Waals surface area contributed by atoms with Gasteiger partial charge in [0, 0.05) is 10.4 Å². The number of carbonyl (C=O) groups excluding carboxylic acids is 3. The molecule has 0 unspecified atom stereocenters. The van der Waals surface area contributed by atoms with E-state index in [1.165, 1.54) is 17.7 Å². The zero-order valence-corrected chi connectivity index (χ0v) is 18.2. The third-order valence-electron chi connectivity index (χ3n) is 6.10. The highest BCUT2D eigenvalue weighted by molar-refractivity contribution is 7.19. The van der Waals surface area contributed by atoms with Crippen LogP contribution < -0.4 is 16.3 Å². The number of nitrogens with zero attached hydrogens (tertiary/aromatic N) is 3. The summed E-state index contributed by atoms with van der Waals surface area (Å²) in [7, 11) is 0. The van der Waals surface area contributed by atoms with Crippen LogP contribution in [-0.2, 0) is 9.59 Å². The largest absolute Gasteiger partial charge is 0.325 e. The molecule has 1 aromatic carbocycles. The van der Waals surface area contributed by atoms with Gasteiger partial charge in [0.1, 0.15) is 23.2 Å². The summed E-state index contributed by atoms with van der Waals surface area (Å²) in [6, 6.07) is 8.94. The lowest BCUT2D eigenvalue weighted by Crippen LogP contribution is -2.45. The standard InChI is InChI=1S/C22H21N5O4S/c1-13-16(14-7-3-2-4-8-14)17-18(32-13)23-12-27(19(17)29)25-15(28)11-26-20(30)22(24-21(26)31)9-5-6-10-22/h2-4,7-8,12H,5-6,9-11H2,1H3,(H,24,31)(H,25,28). The van der Waals surface area contributed by atoms with Crippen LogP contribution in [-0.4, -0.2) is 44.5 Å². The molecule has 1 spiro atoms. The van der Waals surface area contributed by atoms with Crippen LogP contribution in [0.3, 0.4) is 0 Å². The van der Waals surface area contributed by atoms with Gasteiger partial charge in [0.25, 0.3) is 17.4 Å². The first kappa shape index (κ1) is 20.4. The fraction of sp³-hybridized carbons (Fsp3) is 0.318. The molecule has 3 heterocycles. The molecular weight excluding hydrogens is 430 g/mol. The molecule has 4 amide bonds. The van der Waals surface area contributed by atoms with E-state index in [9.17, 15) is 19.2 Å². The molecule has 2 aliphatic rings. The molecule has 2 fully saturated rings. The molecule has 2 aromatic heterocycles. The second kappa shape index (κ2) is 7.56. The second-order valence-corrected chi connectivity index (χ2v) is 9.35. The first-order chi connectivity index (χ1) is 15.4. The first-order valence-electron chi connectivity index (χ1n) is 10.4. The van der Waals surface area contributed by atoms with E-state index in [2.05, 4.69) is 15.7 Å². The van der Waals surface area contributed by atoms with Crippen LogP contribution in [0.25, 0.3) is 21.3 Å². The van der Waals surface area contributed by atoms with Crippen molar-refractivity contribution in [3.8, 4) is 11.1 Å². The summed E-state index contributed by atoms with van der Waals surface area (Å²) >= 11 is 1.41. The van der Waals surface area contributed by atoms with Crippen LogP contribution in [0, 0.1) is 6.92 Å².